The quantitative estimate of drug-likeness (QED) is 0.323. The van der Waals surface area contributed by atoms with Crippen molar-refractivity contribution in [2.24, 2.45) is 0 Å². The molecule has 3 rings (SSSR count). The normalized spacial score (nSPS) is 12.3. The summed E-state index contributed by atoms with van der Waals surface area (Å²) in [7, 11) is 0. The van der Waals surface area contributed by atoms with Crippen LogP contribution in [0.2, 0.25) is 0 Å². The summed E-state index contributed by atoms with van der Waals surface area (Å²) in [5.74, 6) is 4.23. The number of hydrogen-bond donors (Lipinski definition) is 0. The molecule has 0 saturated heterocycles. The predicted octanol–water partition coefficient (Wildman–Crippen LogP) is 4.25. The number of ketones is 1. The van der Waals surface area contributed by atoms with E-state index in [1.165, 1.54) is 0 Å². The lowest BCUT2D eigenvalue weighted by molar-refractivity contribution is -0.485. The number of hydrogen-bond acceptors (Lipinski definition) is 4. The molecule has 0 heterocycles. The summed E-state index contributed by atoms with van der Waals surface area (Å²) in [5.41, 5.74) is 2.24. The van der Waals surface area contributed by atoms with Crippen molar-refractivity contribution in [2.45, 2.75) is 18.6 Å². The molecule has 0 saturated carbocycles. The van der Waals surface area contributed by atoms with Gasteiger partial charge in [-0.25, -0.2) is 0 Å². The molecule has 0 aliphatic rings. The van der Waals surface area contributed by atoms with Crippen LogP contribution < -0.4 is 0 Å². The molecule has 2 atom stereocenters. The molecular weight excluding hydrogens is 378 g/mol. The van der Waals surface area contributed by atoms with Crippen LogP contribution in [0.1, 0.15) is 22.6 Å². The van der Waals surface area contributed by atoms with Crippen LogP contribution >= 0.6 is 0 Å². The van der Waals surface area contributed by atoms with Gasteiger partial charge < -0.3 is 4.74 Å². The fourth-order valence-electron chi connectivity index (χ4n) is 3.10. The third-order valence-electron chi connectivity index (χ3n) is 4.57. The molecule has 0 radical (unpaired) electrons. The largest absolute Gasteiger partial charge is 0.364 e. The molecule has 0 spiro atoms. The fraction of sp³-hybridized carbons (Fsp3) is 0.160. The van der Waals surface area contributed by atoms with E-state index in [2.05, 4.69) is 11.8 Å². The molecule has 0 fully saturated rings. The van der Waals surface area contributed by atoms with Crippen molar-refractivity contribution in [3.05, 3.63) is 118 Å². The van der Waals surface area contributed by atoms with Crippen molar-refractivity contribution in [3.63, 3.8) is 0 Å². The van der Waals surface area contributed by atoms with Crippen LogP contribution in [0, 0.1) is 22.0 Å². The minimum Gasteiger partial charge on any atom is -0.364 e. The smallest absolute Gasteiger partial charge is 0.235 e. The zero-order valence-corrected chi connectivity index (χ0v) is 16.3. The second-order valence-electron chi connectivity index (χ2n) is 6.73. The maximum atomic E-state index is 13.0. The highest BCUT2D eigenvalue weighted by atomic mass is 16.6. The number of nitro groups is 1. The molecule has 0 aliphatic carbocycles. The Labute approximate surface area is 175 Å². The fourth-order valence-corrected chi connectivity index (χ4v) is 3.10. The van der Waals surface area contributed by atoms with Crippen molar-refractivity contribution in [3.8, 4) is 11.8 Å². The van der Waals surface area contributed by atoms with Gasteiger partial charge in [0, 0.05) is 10.5 Å². The number of nitrogens with zero attached hydrogens (tertiary/aromatic N) is 1. The highest BCUT2D eigenvalue weighted by Crippen LogP contribution is 2.24. The monoisotopic (exact) mass is 399 g/mol. The first-order valence-electron chi connectivity index (χ1n) is 9.56. The highest BCUT2D eigenvalue weighted by Gasteiger charge is 2.33. The molecule has 0 amide bonds. The van der Waals surface area contributed by atoms with Crippen LogP contribution in [-0.4, -0.2) is 23.4 Å². The van der Waals surface area contributed by atoms with Gasteiger partial charge in [-0.2, -0.15) is 0 Å². The minimum atomic E-state index is -1.06. The molecule has 3 aromatic rings. The van der Waals surface area contributed by atoms with Gasteiger partial charge in [0.1, 0.15) is 6.10 Å². The second kappa shape index (κ2) is 10.7. The van der Waals surface area contributed by atoms with E-state index >= 15 is 0 Å². The van der Waals surface area contributed by atoms with E-state index in [0.29, 0.717) is 11.1 Å². The standard InChI is InChI=1S/C25H21NO4/c27-24(17-16-20-10-4-1-5-11-20)25(30-19-21-12-6-2-7-13-21)23(18-26(28)29)22-14-8-3-9-15-22/h1-15,23,25H,18-19H2/t23-,25+/m1/s1. The molecular formula is C25H21NO4. The Kier molecular flexibility index (Phi) is 7.48. The number of ether oxygens (including phenoxy) is 1. The van der Waals surface area contributed by atoms with E-state index < -0.39 is 29.3 Å². The second-order valence-corrected chi connectivity index (χ2v) is 6.73. The van der Waals surface area contributed by atoms with Gasteiger partial charge in [0.25, 0.3) is 0 Å². The van der Waals surface area contributed by atoms with E-state index in [1.54, 1.807) is 36.4 Å². The third-order valence-corrected chi connectivity index (χ3v) is 4.57. The molecule has 0 aliphatic heterocycles. The maximum Gasteiger partial charge on any atom is 0.235 e. The molecule has 3 aromatic carbocycles. The summed E-state index contributed by atoms with van der Waals surface area (Å²) < 4.78 is 5.94. The van der Waals surface area contributed by atoms with Crippen LogP contribution in [0.3, 0.4) is 0 Å². The number of carbonyl (C=O) groups is 1. The van der Waals surface area contributed by atoms with Crippen molar-refractivity contribution < 1.29 is 14.5 Å². The maximum absolute atomic E-state index is 13.0. The van der Waals surface area contributed by atoms with Gasteiger partial charge in [0.05, 0.1) is 12.5 Å². The summed E-state index contributed by atoms with van der Waals surface area (Å²) >= 11 is 0. The molecule has 0 unspecified atom stereocenters. The number of benzene rings is 3. The SMILES string of the molecule is O=C(C#Cc1ccccc1)[C@@H](OCc1ccccc1)[C@H](C[N+](=O)[O-])c1ccccc1. The summed E-state index contributed by atoms with van der Waals surface area (Å²) in [6, 6.07) is 27.4. The van der Waals surface area contributed by atoms with Crippen molar-refractivity contribution >= 4 is 5.78 Å². The predicted molar refractivity (Wildman–Crippen MR) is 114 cm³/mol. The summed E-state index contributed by atoms with van der Waals surface area (Å²) in [4.78, 5) is 24.0. The molecule has 30 heavy (non-hydrogen) atoms. The molecule has 0 bridgehead atoms. The zero-order chi connectivity index (χ0) is 21.2. The van der Waals surface area contributed by atoms with Gasteiger partial charge in [-0.1, -0.05) is 84.8 Å². The average molecular weight is 399 g/mol. The topological polar surface area (TPSA) is 69.4 Å². The Bertz CT molecular complexity index is 1020. The Balaban J connectivity index is 1.91. The van der Waals surface area contributed by atoms with Crippen molar-refractivity contribution in [1.29, 1.82) is 0 Å². The highest BCUT2D eigenvalue weighted by molar-refractivity contribution is 6.00. The van der Waals surface area contributed by atoms with E-state index in [1.807, 2.05) is 54.6 Å². The first-order chi connectivity index (χ1) is 14.6. The van der Waals surface area contributed by atoms with Crippen LogP contribution in [0.4, 0.5) is 0 Å². The molecule has 150 valence electrons. The van der Waals surface area contributed by atoms with E-state index in [0.717, 1.165) is 5.56 Å². The van der Waals surface area contributed by atoms with Gasteiger partial charge in [0.15, 0.2) is 0 Å². The molecule has 0 N–H and O–H groups in total. The van der Waals surface area contributed by atoms with Crippen LogP contribution in [-0.2, 0) is 16.1 Å². The lowest BCUT2D eigenvalue weighted by Gasteiger charge is -2.22. The third kappa shape index (κ3) is 6.13. The van der Waals surface area contributed by atoms with Crippen molar-refractivity contribution in [1.82, 2.24) is 0 Å². The molecule has 0 aromatic heterocycles. The van der Waals surface area contributed by atoms with E-state index in [4.69, 9.17) is 4.74 Å². The number of rotatable bonds is 8. The Hall–Kier alpha value is -3.75. The van der Waals surface area contributed by atoms with Gasteiger partial charge in [-0.3, -0.25) is 14.9 Å². The lowest BCUT2D eigenvalue weighted by Crippen LogP contribution is -2.34. The van der Waals surface area contributed by atoms with Crippen LogP contribution in [0.15, 0.2) is 91.0 Å². The van der Waals surface area contributed by atoms with Crippen LogP contribution in [0.5, 0.6) is 0 Å². The van der Waals surface area contributed by atoms with Crippen molar-refractivity contribution in [2.75, 3.05) is 6.54 Å². The lowest BCUT2D eigenvalue weighted by atomic mass is 9.90. The van der Waals surface area contributed by atoms with Crippen LogP contribution in [0.25, 0.3) is 0 Å². The Morgan fingerprint density at radius 2 is 1.47 bits per heavy atom. The molecule has 5 heteroatoms. The average Bonchev–Trinajstić information content (AvgIpc) is 2.79. The van der Waals surface area contributed by atoms with Gasteiger partial charge in [-0.05, 0) is 29.2 Å². The Morgan fingerprint density at radius 3 is 2.07 bits per heavy atom. The molecule has 5 nitrogen and oxygen atoms in total. The minimum absolute atomic E-state index is 0.158. The Morgan fingerprint density at radius 1 is 0.900 bits per heavy atom. The number of Topliss-reactive ketones (excluding diaryl/α,β-unsaturated/α-hetero) is 1. The first-order valence-corrected chi connectivity index (χ1v) is 9.56. The van der Waals surface area contributed by atoms with E-state index in [-0.39, 0.29) is 6.61 Å². The van der Waals surface area contributed by atoms with Gasteiger partial charge in [-0.15, -0.1) is 0 Å². The first kappa shape index (κ1) is 21.0. The van der Waals surface area contributed by atoms with Gasteiger partial charge >= 0.3 is 0 Å². The van der Waals surface area contributed by atoms with E-state index in [9.17, 15) is 14.9 Å². The summed E-state index contributed by atoms with van der Waals surface area (Å²) in [6.45, 7) is -0.270. The zero-order valence-electron chi connectivity index (χ0n) is 16.3. The summed E-state index contributed by atoms with van der Waals surface area (Å²) in [6.07, 6.45) is -1.06. The summed E-state index contributed by atoms with van der Waals surface area (Å²) in [5, 5.41) is 11.4. The van der Waals surface area contributed by atoms with Gasteiger partial charge in [0.2, 0.25) is 12.3 Å². The number of carbonyl (C=O) groups excluding carboxylic acids is 1.